The molecular weight excluding hydrogens is 300 g/mol. The molecule has 0 saturated carbocycles. The van der Waals surface area contributed by atoms with Crippen molar-refractivity contribution in [3.8, 4) is 17.1 Å². The topological polar surface area (TPSA) is 53.5 Å². The van der Waals surface area contributed by atoms with Gasteiger partial charge in [-0.2, -0.15) is 0 Å². The summed E-state index contributed by atoms with van der Waals surface area (Å²) in [6.07, 6.45) is 3.55. The molecule has 3 rings (SSSR count). The van der Waals surface area contributed by atoms with Crippen LogP contribution in [-0.4, -0.2) is 37.4 Å². The van der Waals surface area contributed by atoms with Gasteiger partial charge in [-0.15, -0.1) is 0 Å². The molecular formula is C19H20N4O. The molecule has 0 spiro atoms. The minimum atomic E-state index is 0.720. The maximum absolute atomic E-state index is 5.16. The number of hydrogen-bond donors (Lipinski definition) is 1. The van der Waals surface area contributed by atoms with Gasteiger partial charge in [0.05, 0.1) is 13.3 Å². The Morgan fingerprint density at radius 2 is 1.75 bits per heavy atom. The number of methoxy groups -OCH3 is 1. The highest BCUT2D eigenvalue weighted by Gasteiger charge is 2.03. The van der Waals surface area contributed by atoms with E-state index in [1.807, 2.05) is 56.7 Å². The lowest BCUT2D eigenvalue weighted by molar-refractivity contribution is 0.415. The molecule has 0 fully saturated rings. The van der Waals surface area contributed by atoms with Gasteiger partial charge in [0.1, 0.15) is 17.4 Å². The molecule has 1 aromatic heterocycles. The number of aliphatic imine (C=N–C) groups is 1. The maximum atomic E-state index is 5.16. The number of benzene rings is 2. The van der Waals surface area contributed by atoms with Crippen molar-refractivity contribution in [3.05, 3.63) is 60.3 Å². The fourth-order valence-corrected chi connectivity index (χ4v) is 2.28. The van der Waals surface area contributed by atoms with E-state index in [-0.39, 0.29) is 0 Å². The Morgan fingerprint density at radius 1 is 1.04 bits per heavy atom. The third-order valence-corrected chi connectivity index (χ3v) is 3.69. The number of H-pyrrole nitrogens is 1. The van der Waals surface area contributed by atoms with Gasteiger partial charge in [0.15, 0.2) is 0 Å². The highest BCUT2D eigenvalue weighted by Crippen LogP contribution is 2.22. The van der Waals surface area contributed by atoms with Gasteiger partial charge in [-0.1, -0.05) is 12.1 Å². The average Bonchev–Trinajstić information content (AvgIpc) is 3.09. The Kier molecular flexibility index (Phi) is 4.61. The Hall–Kier alpha value is -3.08. The molecule has 24 heavy (non-hydrogen) atoms. The van der Waals surface area contributed by atoms with Gasteiger partial charge in [-0.25, -0.2) is 9.98 Å². The molecule has 3 aromatic rings. The van der Waals surface area contributed by atoms with E-state index in [0.29, 0.717) is 0 Å². The minimum Gasteiger partial charge on any atom is -0.497 e. The highest BCUT2D eigenvalue weighted by atomic mass is 16.5. The van der Waals surface area contributed by atoms with Crippen molar-refractivity contribution < 1.29 is 4.74 Å². The average molecular weight is 320 g/mol. The largest absolute Gasteiger partial charge is 0.497 e. The van der Waals surface area contributed by atoms with Gasteiger partial charge < -0.3 is 14.6 Å². The maximum Gasteiger partial charge on any atom is 0.150 e. The lowest BCUT2D eigenvalue weighted by Crippen LogP contribution is -2.08. The van der Waals surface area contributed by atoms with E-state index in [1.165, 1.54) is 0 Å². The molecule has 0 saturated heterocycles. The second-order valence-electron chi connectivity index (χ2n) is 5.59. The van der Waals surface area contributed by atoms with Crippen LogP contribution in [0.25, 0.3) is 11.4 Å². The summed E-state index contributed by atoms with van der Waals surface area (Å²) in [5, 5.41) is 0. The minimum absolute atomic E-state index is 0.720. The molecule has 122 valence electrons. The van der Waals surface area contributed by atoms with Gasteiger partial charge >= 0.3 is 0 Å². The second-order valence-corrected chi connectivity index (χ2v) is 5.59. The van der Waals surface area contributed by atoms with E-state index in [9.17, 15) is 0 Å². The molecule has 5 nitrogen and oxygen atoms in total. The standard InChI is InChI=1S/C19H20N4O/c1-23(2)16-8-4-14(5-9-16)12-20-18-13-21-19(22-18)15-6-10-17(24-3)11-7-15/h4-13H,1-3H3,(H,21,22). The summed E-state index contributed by atoms with van der Waals surface area (Å²) >= 11 is 0. The molecule has 0 aliphatic heterocycles. The molecule has 0 aliphatic carbocycles. The number of rotatable bonds is 5. The number of imidazole rings is 1. The van der Waals surface area contributed by atoms with Crippen LogP contribution in [0.15, 0.2) is 59.7 Å². The monoisotopic (exact) mass is 320 g/mol. The van der Waals surface area contributed by atoms with E-state index in [2.05, 4.69) is 32.0 Å². The van der Waals surface area contributed by atoms with Crippen molar-refractivity contribution in [2.75, 3.05) is 26.1 Å². The summed E-state index contributed by atoms with van der Waals surface area (Å²) in [5.41, 5.74) is 3.20. The summed E-state index contributed by atoms with van der Waals surface area (Å²) in [6, 6.07) is 16.0. The third kappa shape index (κ3) is 3.63. The van der Waals surface area contributed by atoms with Crippen molar-refractivity contribution in [1.82, 2.24) is 9.97 Å². The smallest absolute Gasteiger partial charge is 0.150 e. The SMILES string of the molecule is COc1ccc(-c2ncc(N=Cc3ccc(N(C)C)cc3)[nH]2)cc1. The van der Waals surface area contributed by atoms with Crippen LogP contribution in [0.5, 0.6) is 5.75 Å². The molecule has 1 N–H and O–H groups in total. The van der Waals surface area contributed by atoms with Crippen LogP contribution in [0.3, 0.4) is 0 Å². The first-order valence-corrected chi connectivity index (χ1v) is 7.66. The molecule has 5 heteroatoms. The summed E-state index contributed by atoms with van der Waals surface area (Å²) in [6.45, 7) is 0. The van der Waals surface area contributed by atoms with Gasteiger partial charge in [0, 0.05) is 31.6 Å². The molecule has 1 heterocycles. The Bertz CT molecular complexity index is 817. The number of hydrogen-bond acceptors (Lipinski definition) is 4. The predicted molar refractivity (Wildman–Crippen MR) is 98.6 cm³/mol. The van der Waals surface area contributed by atoms with E-state index in [1.54, 1.807) is 13.3 Å². The van der Waals surface area contributed by atoms with Gasteiger partial charge in [-0.3, -0.25) is 0 Å². The number of nitrogens with one attached hydrogen (secondary N) is 1. The molecule has 0 aliphatic rings. The van der Waals surface area contributed by atoms with Crippen LogP contribution < -0.4 is 9.64 Å². The zero-order valence-corrected chi connectivity index (χ0v) is 14.0. The van der Waals surface area contributed by atoms with Crippen LogP contribution in [0.1, 0.15) is 5.56 Å². The second kappa shape index (κ2) is 7.00. The Morgan fingerprint density at radius 3 is 2.38 bits per heavy atom. The number of anilines is 1. The number of nitrogens with zero attached hydrogens (tertiary/aromatic N) is 3. The van der Waals surface area contributed by atoms with Gasteiger partial charge in [-0.05, 0) is 42.0 Å². The quantitative estimate of drug-likeness (QED) is 0.725. The molecule has 0 atom stereocenters. The van der Waals surface area contributed by atoms with E-state index in [4.69, 9.17) is 4.74 Å². The first-order chi connectivity index (χ1) is 11.7. The summed E-state index contributed by atoms with van der Waals surface area (Å²) in [7, 11) is 5.70. The fraction of sp³-hybridized carbons (Fsp3) is 0.158. The van der Waals surface area contributed by atoms with Crippen LogP contribution in [0.4, 0.5) is 11.5 Å². The fourth-order valence-electron chi connectivity index (χ4n) is 2.28. The highest BCUT2D eigenvalue weighted by molar-refractivity contribution is 5.82. The van der Waals surface area contributed by atoms with Crippen molar-refractivity contribution in [2.24, 2.45) is 4.99 Å². The zero-order valence-electron chi connectivity index (χ0n) is 14.0. The molecule has 2 aromatic carbocycles. The van der Waals surface area contributed by atoms with Crippen molar-refractivity contribution >= 4 is 17.7 Å². The molecule has 0 radical (unpaired) electrons. The zero-order chi connectivity index (χ0) is 16.9. The first kappa shape index (κ1) is 15.8. The molecule has 0 bridgehead atoms. The lowest BCUT2D eigenvalue weighted by atomic mass is 10.2. The predicted octanol–water partition coefficient (Wildman–Crippen LogP) is 3.90. The molecule has 0 unspecified atom stereocenters. The normalized spacial score (nSPS) is 11.0. The lowest BCUT2D eigenvalue weighted by Gasteiger charge is -2.11. The molecule has 0 amide bonds. The van der Waals surface area contributed by atoms with Crippen LogP contribution in [0, 0.1) is 0 Å². The summed E-state index contributed by atoms with van der Waals surface area (Å²) in [4.78, 5) is 14.1. The van der Waals surface area contributed by atoms with Gasteiger partial charge in [0.2, 0.25) is 0 Å². The Labute approximate surface area is 141 Å². The first-order valence-electron chi connectivity index (χ1n) is 7.66. The Balaban J connectivity index is 1.73. The van der Waals surface area contributed by atoms with Crippen LogP contribution in [0.2, 0.25) is 0 Å². The van der Waals surface area contributed by atoms with Gasteiger partial charge in [0.25, 0.3) is 0 Å². The van der Waals surface area contributed by atoms with Crippen molar-refractivity contribution in [1.29, 1.82) is 0 Å². The van der Waals surface area contributed by atoms with Crippen molar-refractivity contribution in [3.63, 3.8) is 0 Å². The summed E-state index contributed by atoms with van der Waals surface area (Å²) < 4.78 is 5.16. The van der Waals surface area contributed by atoms with E-state index < -0.39 is 0 Å². The third-order valence-electron chi connectivity index (χ3n) is 3.69. The van der Waals surface area contributed by atoms with Crippen LogP contribution in [-0.2, 0) is 0 Å². The van der Waals surface area contributed by atoms with E-state index in [0.717, 1.165) is 34.2 Å². The number of aromatic nitrogens is 2. The van der Waals surface area contributed by atoms with E-state index >= 15 is 0 Å². The van der Waals surface area contributed by atoms with Crippen molar-refractivity contribution in [2.45, 2.75) is 0 Å². The summed E-state index contributed by atoms with van der Waals surface area (Å²) in [5.74, 6) is 2.33. The van der Waals surface area contributed by atoms with Crippen LogP contribution >= 0.6 is 0 Å². The number of aromatic amines is 1. The number of ether oxygens (including phenoxy) is 1.